The minimum absolute atomic E-state index is 0.214. The van der Waals surface area contributed by atoms with E-state index in [1.54, 1.807) is 0 Å². The van der Waals surface area contributed by atoms with Crippen LogP contribution in [-0.2, 0) is 0 Å². The molecule has 0 unspecified atom stereocenters. The Bertz CT molecular complexity index is 667. The van der Waals surface area contributed by atoms with Crippen LogP contribution in [0.4, 0.5) is 0 Å². The summed E-state index contributed by atoms with van der Waals surface area (Å²) in [7, 11) is 0. The first kappa shape index (κ1) is 10.4. The first-order chi connectivity index (χ1) is 8.75. The van der Waals surface area contributed by atoms with E-state index in [9.17, 15) is 5.11 Å². The van der Waals surface area contributed by atoms with Crippen molar-refractivity contribution in [3.8, 4) is 17.2 Å². The highest BCUT2D eigenvalue weighted by Crippen LogP contribution is 2.50. The fourth-order valence-electron chi connectivity index (χ4n) is 2.32. The van der Waals surface area contributed by atoms with E-state index < -0.39 is 0 Å². The summed E-state index contributed by atoms with van der Waals surface area (Å²) in [5, 5.41) is 11.0. The molecule has 92 valence electrons. The average Bonchev–Trinajstić information content (AvgIpc) is 3.10. The summed E-state index contributed by atoms with van der Waals surface area (Å²) in [4.78, 5) is 4.56. The Kier molecular flexibility index (Phi) is 2.03. The van der Waals surface area contributed by atoms with Crippen molar-refractivity contribution in [3.63, 3.8) is 0 Å². The maximum absolute atomic E-state index is 10.2. The molecule has 0 spiro atoms. The van der Waals surface area contributed by atoms with Gasteiger partial charge in [0.1, 0.15) is 0 Å². The van der Waals surface area contributed by atoms with Gasteiger partial charge in [-0.3, -0.25) is 0 Å². The molecule has 0 saturated heterocycles. The van der Waals surface area contributed by atoms with Crippen LogP contribution in [-0.4, -0.2) is 16.9 Å². The second-order valence-electron chi connectivity index (χ2n) is 4.63. The molecule has 2 heterocycles. The van der Waals surface area contributed by atoms with Crippen molar-refractivity contribution in [1.82, 2.24) is 4.98 Å². The summed E-state index contributed by atoms with van der Waals surface area (Å²) < 4.78 is 11.4. The topological polar surface area (TPSA) is 51.6 Å². The predicted octanol–water partition coefficient (Wildman–Crippen LogP) is 3.31. The quantitative estimate of drug-likeness (QED) is 0.878. The Morgan fingerprint density at radius 2 is 2.11 bits per heavy atom. The highest BCUT2D eigenvalue weighted by molar-refractivity contribution is 9.10. The Labute approximate surface area is 112 Å². The third-order valence-corrected chi connectivity index (χ3v) is 4.16. The molecular weight excluding hydrogens is 298 g/mol. The second kappa shape index (κ2) is 3.51. The van der Waals surface area contributed by atoms with E-state index in [2.05, 4.69) is 20.9 Å². The van der Waals surface area contributed by atoms with Gasteiger partial charge in [-0.05, 0) is 40.9 Å². The van der Waals surface area contributed by atoms with Crippen molar-refractivity contribution in [1.29, 1.82) is 0 Å². The number of ether oxygens (including phenoxy) is 2. The largest absolute Gasteiger partial charge is 0.505 e. The van der Waals surface area contributed by atoms with Crippen molar-refractivity contribution in [2.24, 2.45) is 0 Å². The van der Waals surface area contributed by atoms with E-state index in [1.165, 1.54) is 0 Å². The van der Waals surface area contributed by atoms with Crippen molar-refractivity contribution in [2.45, 2.75) is 18.8 Å². The van der Waals surface area contributed by atoms with Crippen molar-refractivity contribution < 1.29 is 14.6 Å². The van der Waals surface area contributed by atoms with Gasteiger partial charge in [0.2, 0.25) is 6.79 Å². The molecule has 1 aliphatic heterocycles. The third-order valence-electron chi connectivity index (χ3n) is 3.39. The van der Waals surface area contributed by atoms with Crippen LogP contribution in [0.2, 0.25) is 0 Å². The fourth-order valence-corrected chi connectivity index (χ4v) is 2.91. The molecule has 0 atom stereocenters. The molecule has 0 radical (unpaired) electrons. The molecule has 0 bridgehead atoms. The van der Waals surface area contributed by atoms with Gasteiger partial charge < -0.3 is 14.6 Å². The molecule has 1 aliphatic carbocycles. The molecule has 1 N–H and O–H groups in total. The molecule has 0 amide bonds. The smallest absolute Gasteiger partial charge is 0.231 e. The zero-order valence-corrected chi connectivity index (χ0v) is 11.0. The van der Waals surface area contributed by atoms with Crippen LogP contribution < -0.4 is 9.47 Å². The summed E-state index contributed by atoms with van der Waals surface area (Å²) >= 11 is 3.46. The van der Waals surface area contributed by atoms with E-state index in [1.807, 2.05) is 12.1 Å². The van der Waals surface area contributed by atoms with E-state index in [-0.39, 0.29) is 12.5 Å². The maximum atomic E-state index is 10.2. The van der Waals surface area contributed by atoms with Crippen molar-refractivity contribution in [3.05, 3.63) is 22.3 Å². The normalized spacial score (nSPS) is 17.4. The standard InChI is InChI=1S/C13H10BrNO3/c14-10-9-7(3-4-8-13(9)18-5-17-8)15-11(12(10)16)6-1-2-6/h3-4,6,16H,1-2,5H2. The number of hydrogen-bond donors (Lipinski definition) is 1. The second-order valence-corrected chi connectivity index (χ2v) is 5.42. The van der Waals surface area contributed by atoms with E-state index in [0.29, 0.717) is 21.9 Å². The highest BCUT2D eigenvalue weighted by atomic mass is 79.9. The van der Waals surface area contributed by atoms with Crippen LogP contribution in [0, 0.1) is 0 Å². The summed E-state index contributed by atoms with van der Waals surface area (Å²) in [6.45, 7) is 0.214. The summed E-state index contributed by atoms with van der Waals surface area (Å²) in [6, 6.07) is 3.76. The molecule has 1 aromatic heterocycles. The lowest BCUT2D eigenvalue weighted by Gasteiger charge is -2.10. The molecular formula is C13H10BrNO3. The molecule has 18 heavy (non-hydrogen) atoms. The van der Waals surface area contributed by atoms with Crippen molar-refractivity contribution in [2.75, 3.05) is 6.79 Å². The van der Waals surface area contributed by atoms with Crippen LogP contribution in [0.25, 0.3) is 10.9 Å². The van der Waals surface area contributed by atoms with Gasteiger partial charge in [0, 0.05) is 5.92 Å². The molecule has 1 aromatic carbocycles. The zero-order valence-electron chi connectivity index (χ0n) is 9.44. The summed E-state index contributed by atoms with van der Waals surface area (Å²) in [6.07, 6.45) is 2.20. The number of rotatable bonds is 1. The minimum Gasteiger partial charge on any atom is -0.505 e. The molecule has 4 nitrogen and oxygen atoms in total. The van der Waals surface area contributed by atoms with Crippen LogP contribution in [0.15, 0.2) is 16.6 Å². The van der Waals surface area contributed by atoms with Crippen LogP contribution >= 0.6 is 15.9 Å². The molecule has 5 heteroatoms. The highest BCUT2D eigenvalue weighted by Gasteiger charge is 2.31. The lowest BCUT2D eigenvalue weighted by molar-refractivity contribution is 0.175. The number of fused-ring (bicyclic) bond motifs is 3. The number of halogens is 1. The number of aromatic hydroxyl groups is 1. The van der Waals surface area contributed by atoms with Gasteiger partial charge in [0.15, 0.2) is 17.2 Å². The van der Waals surface area contributed by atoms with Crippen LogP contribution in [0.1, 0.15) is 24.5 Å². The fraction of sp³-hybridized carbons (Fsp3) is 0.308. The molecule has 1 fully saturated rings. The number of benzene rings is 1. The third kappa shape index (κ3) is 1.34. The Morgan fingerprint density at radius 3 is 2.89 bits per heavy atom. The summed E-state index contributed by atoms with van der Waals surface area (Å²) in [5.74, 6) is 1.98. The molecule has 2 aliphatic rings. The molecule has 2 aromatic rings. The van der Waals surface area contributed by atoms with Crippen LogP contribution in [0.5, 0.6) is 17.2 Å². The Balaban J connectivity index is 2.07. The number of aromatic nitrogens is 1. The molecule has 4 rings (SSSR count). The van der Waals surface area contributed by atoms with Crippen LogP contribution in [0.3, 0.4) is 0 Å². The lowest BCUT2D eigenvalue weighted by atomic mass is 10.1. The lowest BCUT2D eigenvalue weighted by Crippen LogP contribution is -1.94. The first-order valence-corrected chi connectivity index (χ1v) is 6.65. The van der Waals surface area contributed by atoms with Gasteiger partial charge in [-0.25, -0.2) is 4.98 Å². The predicted molar refractivity (Wildman–Crippen MR) is 69.2 cm³/mol. The number of nitrogens with zero attached hydrogens (tertiary/aromatic N) is 1. The van der Waals surface area contributed by atoms with E-state index in [0.717, 1.165) is 29.4 Å². The summed E-state index contributed by atoms with van der Waals surface area (Å²) in [5.41, 5.74) is 1.61. The van der Waals surface area contributed by atoms with Gasteiger partial charge in [-0.1, -0.05) is 0 Å². The van der Waals surface area contributed by atoms with Gasteiger partial charge in [0.25, 0.3) is 0 Å². The maximum Gasteiger partial charge on any atom is 0.231 e. The van der Waals surface area contributed by atoms with E-state index >= 15 is 0 Å². The zero-order chi connectivity index (χ0) is 12.3. The first-order valence-electron chi connectivity index (χ1n) is 5.86. The van der Waals surface area contributed by atoms with Gasteiger partial charge >= 0.3 is 0 Å². The van der Waals surface area contributed by atoms with Gasteiger partial charge in [0.05, 0.1) is 21.1 Å². The Hall–Kier alpha value is -1.49. The number of hydrogen-bond acceptors (Lipinski definition) is 4. The van der Waals surface area contributed by atoms with Gasteiger partial charge in [-0.2, -0.15) is 0 Å². The number of pyridine rings is 1. The van der Waals surface area contributed by atoms with E-state index in [4.69, 9.17) is 9.47 Å². The SMILES string of the molecule is Oc1c(C2CC2)nc2ccc3c(c2c1Br)OCO3. The average molecular weight is 308 g/mol. The van der Waals surface area contributed by atoms with Crippen molar-refractivity contribution >= 4 is 26.8 Å². The van der Waals surface area contributed by atoms with Gasteiger partial charge in [-0.15, -0.1) is 0 Å². The monoisotopic (exact) mass is 307 g/mol. The minimum atomic E-state index is 0.214. The Morgan fingerprint density at radius 1 is 1.28 bits per heavy atom. The molecule has 1 saturated carbocycles.